The number of nitrogens with zero attached hydrogens (tertiary/aromatic N) is 1. The first kappa shape index (κ1) is 11.3. The van der Waals surface area contributed by atoms with Gasteiger partial charge in [0.15, 0.2) is 0 Å². The highest BCUT2D eigenvalue weighted by molar-refractivity contribution is 5.80. The fourth-order valence-electron chi connectivity index (χ4n) is 0.880. The number of oxime groups is 1. The fourth-order valence-corrected chi connectivity index (χ4v) is 0.880. The van der Waals surface area contributed by atoms with Gasteiger partial charge < -0.3 is 9.94 Å². The van der Waals surface area contributed by atoms with Crippen molar-refractivity contribution in [1.29, 1.82) is 0 Å². The van der Waals surface area contributed by atoms with Gasteiger partial charge in [0.2, 0.25) is 0 Å². The van der Waals surface area contributed by atoms with Crippen molar-refractivity contribution >= 4 is 6.21 Å². The molecule has 0 radical (unpaired) electrons. The van der Waals surface area contributed by atoms with Gasteiger partial charge in [-0.15, -0.1) is 13.2 Å². The maximum atomic E-state index is 12.9. The molecule has 0 aromatic heterocycles. The van der Waals surface area contributed by atoms with Gasteiger partial charge in [-0.25, -0.2) is 4.39 Å². The summed E-state index contributed by atoms with van der Waals surface area (Å²) in [6.45, 7) is 0. The molecule has 0 amide bonds. The number of rotatable bonds is 2. The standard InChI is InChI=1S/C8H5F4NO2/c9-7-2-1-6(15-8(10,11)12)3-5(7)4-13-14/h1-4,14H/b13-4-. The molecular weight excluding hydrogens is 218 g/mol. The lowest BCUT2D eigenvalue weighted by Crippen LogP contribution is -2.17. The molecule has 0 heterocycles. The van der Waals surface area contributed by atoms with E-state index >= 15 is 0 Å². The smallest absolute Gasteiger partial charge is 0.411 e. The second-order valence-corrected chi connectivity index (χ2v) is 2.48. The van der Waals surface area contributed by atoms with Gasteiger partial charge in [-0.2, -0.15) is 0 Å². The van der Waals surface area contributed by atoms with Crippen molar-refractivity contribution < 1.29 is 27.5 Å². The van der Waals surface area contributed by atoms with Crippen molar-refractivity contribution in [3.05, 3.63) is 29.6 Å². The van der Waals surface area contributed by atoms with Gasteiger partial charge in [0.1, 0.15) is 11.6 Å². The van der Waals surface area contributed by atoms with Crippen LogP contribution in [0.3, 0.4) is 0 Å². The molecule has 0 saturated heterocycles. The van der Waals surface area contributed by atoms with Gasteiger partial charge in [-0.05, 0) is 18.2 Å². The van der Waals surface area contributed by atoms with Gasteiger partial charge >= 0.3 is 6.36 Å². The molecule has 1 aromatic rings. The Kier molecular flexibility index (Phi) is 3.13. The number of ether oxygens (including phenoxy) is 1. The predicted molar refractivity (Wildman–Crippen MR) is 42.5 cm³/mol. The summed E-state index contributed by atoms with van der Waals surface area (Å²) in [5.41, 5.74) is -0.306. The molecule has 0 aliphatic rings. The number of halogens is 4. The van der Waals surface area contributed by atoms with Crippen molar-refractivity contribution in [2.75, 3.05) is 0 Å². The molecule has 1 aromatic carbocycles. The molecule has 0 bridgehead atoms. The van der Waals surface area contributed by atoms with Crippen LogP contribution in [0.5, 0.6) is 5.75 Å². The zero-order valence-corrected chi connectivity index (χ0v) is 7.12. The highest BCUT2D eigenvalue weighted by Gasteiger charge is 2.31. The third kappa shape index (κ3) is 3.45. The van der Waals surface area contributed by atoms with E-state index in [2.05, 4.69) is 9.89 Å². The summed E-state index contributed by atoms with van der Waals surface area (Å²) >= 11 is 0. The van der Waals surface area contributed by atoms with Gasteiger partial charge in [-0.3, -0.25) is 0 Å². The Labute approximate surface area is 81.6 Å². The molecule has 0 aliphatic carbocycles. The SMILES string of the molecule is O/N=C\c1cc(OC(F)(F)F)ccc1F. The first-order valence-corrected chi connectivity index (χ1v) is 3.65. The third-order valence-corrected chi connectivity index (χ3v) is 1.40. The van der Waals surface area contributed by atoms with E-state index in [1.165, 1.54) is 0 Å². The van der Waals surface area contributed by atoms with Crippen LogP contribution >= 0.6 is 0 Å². The maximum absolute atomic E-state index is 12.9. The van der Waals surface area contributed by atoms with Crippen molar-refractivity contribution in [2.24, 2.45) is 5.16 Å². The van der Waals surface area contributed by atoms with E-state index in [9.17, 15) is 17.6 Å². The highest BCUT2D eigenvalue weighted by atomic mass is 19.4. The summed E-state index contributed by atoms with van der Waals surface area (Å²) in [4.78, 5) is 0. The Morgan fingerprint density at radius 1 is 1.33 bits per heavy atom. The van der Waals surface area contributed by atoms with E-state index < -0.39 is 17.9 Å². The van der Waals surface area contributed by atoms with Crippen molar-refractivity contribution in [3.63, 3.8) is 0 Å². The first-order chi connectivity index (χ1) is 6.92. The molecule has 1 N–H and O–H groups in total. The Balaban J connectivity index is 2.97. The Hall–Kier alpha value is -1.79. The molecule has 0 fully saturated rings. The number of hydrogen-bond donors (Lipinski definition) is 1. The van der Waals surface area contributed by atoms with E-state index in [4.69, 9.17) is 5.21 Å². The van der Waals surface area contributed by atoms with E-state index in [0.717, 1.165) is 18.2 Å². The molecular formula is C8H5F4NO2. The largest absolute Gasteiger partial charge is 0.573 e. The molecule has 0 atom stereocenters. The minimum absolute atomic E-state index is 0.306. The van der Waals surface area contributed by atoms with E-state index in [0.29, 0.717) is 6.21 Å². The second-order valence-electron chi connectivity index (χ2n) is 2.48. The monoisotopic (exact) mass is 223 g/mol. The predicted octanol–water partition coefficient (Wildman–Crippen LogP) is 2.53. The van der Waals surface area contributed by atoms with Gasteiger partial charge in [-0.1, -0.05) is 5.16 Å². The molecule has 0 spiro atoms. The fraction of sp³-hybridized carbons (Fsp3) is 0.125. The summed E-state index contributed by atoms with van der Waals surface area (Å²) in [6, 6.07) is 2.36. The van der Waals surface area contributed by atoms with E-state index in [-0.39, 0.29) is 5.56 Å². The van der Waals surface area contributed by atoms with Crippen LogP contribution in [0.4, 0.5) is 17.6 Å². The van der Waals surface area contributed by atoms with Gasteiger partial charge in [0.05, 0.1) is 6.21 Å². The van der Waals surface area contributed by atoms with Crippen LogP contribution in [0.2, 0.25) is 0 Å². The van der Waals surface area contributed by atoms with Crippen molar-refractivity contribution in [2.45, 2.75) is 6.36 Å². The lowest BCUT2D eigenvalue weighted by atomic mass is 10.2. The molecule has 82 valence electrons. The van der Waals surface area contributed by atoms with Gasteiger partial charge in [0, 0.05) is 5.56 Å². The maximum Gasteiger partial charge on any atom is 0.573 e. The average molecular weight is 223 g/mol. The molecule has 0 aliphatic heterocycles. The van der Waals surface area contributed by atoms with Crippen LogP contribution in [0, 0.1) is 5.82 Å². The Morgan fingerprint density at radius 2 is 2.00 bits per heavy atom. The van der Waals surface area contributed by atoms with Crippen LogP contribution in [0.15, 0.2) is 23.4 Å². The quantitative estimate of drug-likeness (QED) is 0.362. The number of alkyl halides is 3. The molecule has 7 heteroatoms. The normalized spacial score (nSPS) is 12.0. The third-order valence-electron chi connectivity index (χ3n) is 1.40. The van der Waals surface area contributed by atoms with E-state index in [1.807, 2.05) is 0 Å². The lowest BCUT2D eigenvalue weighted by molar-refractivity contribution is -0.274. The first-order valence-electron chi connectivity index (χ1n) is 3.65. The lowest BCUT2D eigenvalue weighted by Gasteiger charge is -2.09. The Morgan fingerprint density at radius 3 is 2.53 bits per heavy atom. The minimum Gasteiger partial charge on any atom is -0.411 e. The van der Waals surface area contributed by atoms with Crippen LogP contribution < -0.4 is 4.74 Å². The number of hydrogen-bond acceptors (Lipinski definition) is 3. The van der Waals surface area contributed by atoms with Crippen LogP contribution in [0.1, 0.15) is 5.56 Å². The summed E-state index contributed by atoms with van der Waals surface area (Å²) < 4.78 is 51.7. The minimum atomic E-state index is -4.84. The summed E-state index contributed by atoms with van der Waals surface area (Å²) in [7, 11) is 0. The van der Waals surface area contributed by atoms with Crippen molar-refractivity contribution in [1.82, 2.24) is 0 Å². The average Bonchev–Trinajstić information content (AvgIpc) is 2.09. The van der Waals surface area contributed by atoms with Gasteiger partial charge in [0.25, 0.3) is 0 Å². The van der Waals surface area contributed by atoms with Crippen LogP contribution in [0.25, 0.3) is 0 Å². The van der Waals surface area contributed by atoms with Crippen LogP contribution in [-0.2, 0) is 0 Å². The highest BCUT2D eigenvalue weighted by Crippen LogP contribution is 2.23. The summed E-state index contributed by atoms with van der Waals surface area (Å²) in [5.74, 6) is -1.40. The zero-order valence-electron chi connectivity index (χ0n) is 7.12. The zero-order chi connectivity index (χ0) is 11.5. The molecule has 0 saturated carbocycles. The number of benzene rings is 1. The van der Waals surface area contributed by atoms with E-state index in [1.54, 1.807) is 0 Å². The Bertz CT molecular complexity index is 375. The van der Waals surface area contributed by atoms with Crippen molar-refractivity contribution in [3.8, 4) is 5.75 Å². The molecule has 15 heavy (non-hydrogen) atoms. The topological polar surface area (TPSA) is 41.8 Å². The summed E-state index contributed by atoms with van der Waals surface area (Å²) in [5, 5.41) is 10.6. The molecule has 0 unspecified atom stereocenters. The molecule has 1 rings (SSSR count). The van der Waals surface area contributed by atoms with Crippen LogP contribution in [-0.4, -0.2) is 17.8 Å². The second kappa shape index (κ2) is 4.16. The summed E-state index contributed by atoms with van der Waals surface area (Å²) in [6.07, 6.45) is -4.18. The molecule has 3 nitrogen and oxygen atoms in total.